The Morgan fingerprint density at radius 1 is 1.07 bits per heavy atom. The normalized spacial score (nSPS) is 15.1. The van der Waals surface area contributed by atoms with Crippen molar-refractivity contribution in [2.24, 2.45) is 0 Å². The second kappa shape index (κ2) is 8.72. The molecular weight excluding hydrogens is 417 g/mol. The first-order valence-electron chi connectivity index (χ1n) is 10.5. The molecule has 3 nitrogen and oxygen atoms in total. The quantitative estimate of drug-likeness (QED) is 0.384. The van der Waals surface area contributed by atoms with E-state index >= 15 is 0 Å². The van der Waals surface area contributed by atoms with Gasteiger partial charge in [-0.05, 0) is 36.0 Å². The first-order chi connectivity index (χ1) is 14.3. The van der Waals surface area contributed by atoms with Crippen LogP contribution in [0.15, 0.2) is 47.6 Å². The first kappa shape index (κ1) is 21.4. The molecule has 0 aliphatic heterocycles. The molecule has 1 aliphatic rings. The Hall–Kier alpha value is -1.85. The molecule has 0 N–H and O–H groups in total. The SMILES string of the molecule is CC(C)(C)c1ccc(-c2nnc(SCc3c(F)cccc3Cl)n2C2CCCC2)cc1. The summed E-state index contributed by atoms with van der Waals surface area (Å²) in [7, 11) is 0. The summed E-state index contributed by atoms with van der Waals surface area (Å²) in [6, 6.07) is 13.8. The number of hydrogen-bond donors (Lipinski definition) is 0. The molecule has 0 spiro atoms. The maximum absolute atomic E-state index is 14.2. The van der Waals surface area contributed by atoms with Gasteiger partial charge in [-0.1, -0.05) is 87.3 Å². The highest BCUT2D eigenvalue weighted by Crippen LogP contribution is 2.38. The number of hydrogen-bond acceptors (Lipinski definition) is 3. The Morgan fingerprint density at radius 3 is 2.40 bits per heavy atom. The second-order valence-electron chi connectivity index (χ2n) is 8.93. The van der Waals surface area contributed by atoms with Crippen molar-refractivity contribution >= 4 is 23.4 Å². The molecule has 6 heteroatoms. The van der Waals surface area contributed by atoms with E-state index in [0.29, 0.717) is 22.4 Å². The van der Waals surface area contributed by atoms with Crippen molar-refractivity contribution in [1.29, 1.82) is 0 Å². The molecule has 1 saturated carbocycles. The molecule has 158 valence electrons. The molecule has 0 amide bonds. The van der Waals surface area contributed by atoms with Crippen LogP contribution in [0.25, 0.3) is 11.4 Å². The summed E-state index contributed by atoms with van der Waals surface area (Å²) < 4.78 is 16.5. The number of aromatic nitrogens is 3. The summed E-state index contributed by atoms with van der Waals surface area (Å²) in [6.45, 7) is 6.64. The lowest BCUT2D eigenvalue weighted by Gasteiger charge is -2.20. The van der Waals surface area contributed by atoms with Crippen LogP contribution in [-0.2, 0) is 11.2 Å². The molecule has 0 saturated heterocycles. The molecule has 1 heterocycles. The van der Waals surface area contributed by atoms with Gasteiger partial charge in [0.1, 0.15) is 5.82 Å². The number of halogens is 2. The predicted molar refractivity (Wildman–Crippen MR) is 123 cm³/mol. The van der Waals surface area contributed by atoms with E-state index < -0.39 is 0 Å². The van der Waals surface area contributed by atoms with Crippen molar-refractivity contribution in [3.8, 4) is 11.4 Å². The van der Waals surface area contributed by atoms with E-state index in [0.717, 1.165) is 29.4 Å². The lowest BCUT2D eigenvalue weighted by molar-refractivity contribution is 0.485. The summed E-state index contributed by atoms with van der Waals surface area (Å²) in [6.07, 6.45) is 4.68. The Morgan fingerprint density at radius 2 is 1.77 bits per heavy atom. The van der Waals surface area contributed by atoms with Crippen LogP contribution in [0, 0.1) is 5.82 Å². The summed E-state index contributed by atoms with van der Waals surface area (Å²) in [4.78, 5) is 0. The lowest BCUT2D eigenvalue weighted by Crippen LogP contribution is -2.11. The third-order valence-electron chi connectivity index (χ3n) is 5.77. The van der Waals surface area contributed by atoms with Crippen LogP contribution in [0.4, 0.5) is 4.39 Å². The van der Waals surface area contributed by atoms with Crippen LogP contribution in [0.1, 0.15) is 63.6 Å². The number of rotatable bonds is 5. The average molecular weight is 444 g/mol. The van der Waals surface area contributed by atoms with Crippen LogP contribution in [0.5, 0.6) is 0 Å². The molecule has 1 aliphatic carbocycles. The maximum atomic E-state index is 14.2. The third kappa shape index (κ3) is 4.42. The van der Waals surface area contributed by atoms with Crippen LogP contribution in [0.3, 0.4) is 0 Å². The first-order valence-corrected chi connectivity index (χ1v) is 11.8. The van der Waals surface area contributed by atoms with Crippen molar-refractivity contribution in [2.45, 2.75) is 68.8 Å². The maximum Gasteiger partial charge on any atom is 0.192 e. The standard InChI is InChI=1S/C24H27ClFN3S/c1-24(2,3)17-13-11-16(12-14-17)22-27-28-23(29(22)18-7-4-5-8-18)30-15-19-20(25)9-6-10-21(19)26/h6,9-14,18H,4-5,7-8,15H2,1-3H3. The topological polar surface area (TPSA) is 30.7 Å². The van der Waals surface area contributed by atoms with Gasteiger partial charge in [-0.2, -0.15) is 0 Å². The Kier molecular flexibility index (Phi) is 6.21. The molecule has 2 aromatic carbocycles. The third-order valence-corrected chi connectivity index (χ3v) is 7.09. The predicted octanol–water partition coefficient (Wildman–Crippen LogP) is 7.44. The van der Waals surface area contributed by atoms with E-state index in [-0.39, 0.29) is 11.2 Å². The summed E-state index contributed by atoms with van der Waals surface area (Å²) >= 11 is 7.72. The van der Waals surface area contributed by atoms with E-state index in [1.807, 2.05) is 0 Å². The molecule has 4 rings (SSSR count). The van der Waals surface area contributed by atoms with Gasteiger partial charge in [0.25, 0.3) is 0 Å². The molecule has 30 heavy (non-hydrogen) atoms. The van der Waals surface area contributed by atoms with Crippen molar-refractivity contribution in [2.75, 3.05) is 0 Å². The van der Waals surface area contributed by atoms with Crippen molar-refractivity contribution in [1.82, 2.24) is 14.8 Å². The van der Waals surface area contributed by atoms with Crippen molar-refractivity contribution in [3.05, 3.63) is 64.4 Å². The van der Waals surface area contributed by atoms with Crippen molar-refractivity contribution in [3.63, 3.8) is 0 Å². The summed E-state index contributed by atoms with van der Waals surface area (Å²) in [5, 5.41) is 10.3. The van der Waals surface area contributed by atoms with Gasteiger partial charge >= 0.3 is 0 Å². The largest absolute Gasteiger partial charge is 0.299 e. The minimum Gasteiger partial charge on any atom is -0.299 e. The van der Waals surface area contributed by atoms with Gasteiger partial charge in [-0.15, -0.1) is 10.2 Å². The van der Waals surface area contributed by atoms with Gasteiger partial charge in [0.05, 0.1) is 0 Å². The van der Waals surface area contributed by atoms with Crippen LogP contribution >= 0.6 is 23.4 Å². The monoisotopic (exact) mass is 443 g/mol. The Bertz CT molecular complexity index is 998. The number of thioether (sulfide) groups is 1. The van der Waals surface area contributed by atoms with E-state index in [2.05, 4.69) is 59.8 Å². The highest BCUT2D eigenvalue weighted by Gasteiger charge is 2.25. The zero-order chi connectivity index (χ0) is 21.3. The van der Waals surface area contributed by atoms with Gasteiger partial charge < -0.3 is 0 Å². The number of benzene rings is 2. The van der Waals surface area contributed by atoms with Gasteiger partial charge in [-0.25, -0.2) is 4.39 Å². The van der Waals surface area contributed by atoms with Crippen LogP contribution in [-0.4, -0.2) is 14.8 Å². The molecule has 0 atom stereocenters. The molecule has 0 bridgehead atoms. The van der Waals surface area contributed by atoms with E-state index in [9.17, 15) is 4.39 Å². The van der Waals surface area contributed by atoms with Crippen LogP contribution < -0.4 is 0 Å². The smallest absolute Gasteiger partial charge is 0.192 e. The Balaban J connectivity index is 1.66. The van der Waals surface area contributed by atoms with Crippen molar-refractivity contribution < 1.29 is 4.39 Å². The van der Waals surface area contributed by atoms with Gasteiger partial charge in [0.15, 0.2) is 11.0 Å². The van der Waals surface area contributed by atoms with E-state index in [1.54, 1.807) is 12.1 Å². The molecule has 1 fully saturated rings. The zero-order valence-electron chi connectivity index (χ0n) is 17.7. The van der Waals surface area contributed by atoms with Gasteiger partial charge in [0, 0.05) is 27.9 Å². The molecule has 1 aromatic heterocycles. The lowest BCUT2D eigenvalue weighted by atomic mass is 9.86. The Labute approximate surface area is 187 Å². The fourth-order valence-electron chi connectivity index (χ4n) is 3.99. The molecule has 0 unspecified atom stereocenters. The van der Waals surface area contributed by atoms with Gasteiger partial charge in [0.2, 0.25) is 0 Å². The molecule has 0 radical (unpaired) electrons. The minimum absolute atomic E-state index is 0.109. The molecule has 3 aromatic rings. The highest BCUT2D eigenvalue weighted by molar-refractivity contribution is 7.98. The minimum atomic E-state index is -0.278. The fourth-order valence-corrected chi connectivity index (χ4v) is 5.34. The summed E-state index contributed by atoms with van der Waals surface area (Å²) in [5.41, 5.74) is 2.99. The van der Waals surface area contributed by atoms with Crippen LogP contribution in [0.2, 0.25) is 5.02 Å². The zero-order valence-corrected chi connectivity index (χ0v) is 19.2. The average Bonchev–Trinajstić information content (AvgIpc) is 3.36. The second-order valence-corrected chi connectivity index (χ2v) is 10.3. The van der Waals surface area contributed by atoms with E-state index in [1.165, 1.54) is 36.2 Å². The fraction of sp³-hybridized carbons (Fsp3) is 0.417. The number of nitrogens with zero attached hydrogens (tertiary/aromatic N) is 3. The molecular formula is C24H27ClFN3S. The van der Waals surface area contributed by atoms with Gasteiger partial charge in [-0.3, -0.25) is 4.57 Å². The summed E-state index contributed by atoms with van der Waals surface area (Å²) in [5.74, 6) is 1.05. The highest BCUT2D eigenvalue weighted by atomic mass is 35.5. The van der Waals surface area contributed by atoms with E-state index in [4.69, 9.17) is 11.6 Å².